The molecule has 2 rings (SSSR count). The lowest BCUT2D eigenvalue weighted by Crippen LogP contribution is -2.27. The maximum absolute atomic E-state index is 12.2. The summed E-state index contributed by atoms with van der Waals surface area (Å²) in [6.07, 6.45) is 5.32. The van der Waals surface area contributed by atoms with Gasteiger partial charge < -0.3 is 9.88 Å². The minimum Gasteiger partial charge on any atom is -0.350 e. The second kappa shape index (κ2) is 7.36. The normalized spacial score (nSPS) is 10.5. The highest BCUT2D eigenvalue weighted by Gasteiger charge is 2.11. The van der Waals surface area contributed by atoms with E-state index >= 15 is 0 Å². The van der Waals surface area contributed by atoms with E-state index in [1.165, 1.54) is 0 Å². The van der Waals surface area contributed by atoms with E-state index in [4.69, 9.17) is 11.6 Å². The van der Waals surface area contributed by atoms with Gasteiger partial charge in [0.25, 0.3) is 5.91 Å². The molecule has 0 aliphatic rings. The van der Waals surface area contributed by atoms with E-state index in [-0.39, 0.29) is 5.91 Å². The van der Waals surface area contributed by atoms with Crippen LogP contribution in [0.4, 0.5) is 0 Å². The first-order valence-corrected chi connectivity index (χ1v) is 7.73. The molecule has 1 aromatic heterocycles. The zero-order valence-corrected chi connectivity index (χ0v) is 12.7. The lowest BCUT2D eigenvalue weighted by Gasteiger charge is -2.10. The van der Waals surface area contributed by atoms with Gasteiger partial charge in [0.15, 0.2) is 0 Å². The Hall–Kier alpha value is -1.46. The maximum atomic E-state index is 12.2. The molecule has 1 aromatic carbocycles. The minimum absolute atomic E-state index is 0.0715. The van der Waals surface area contributed by atoms with Crippen LogP contribution >= 0.6 is 23.4 Å². The highest BCUT2D eigenvalue weighted by molar-refractivity contribution is 7.99. The van der Waals surface area contributed by atoms with Gasteiger partial charge in [-0.15, -0.1) is 11.8 Å². The molecular formula is C14H16ClN3OS. The number of nitrogens with one attached hydrogen (secondary N) is 1. The van der Waals surface area contributed by atoms with E-state index in [1.807, 2.05) is 23.8 Å². The summed E-state index contributed by atoms with van der Waals surface area (Å²) in [5.74, 6) is 0.827. The van der Waals surface area contributed by atoms with Gasteiger partial charge in [-0.1, -0.05) is 18.5 Å². The molecule has 0 bridgehead atoms. The molecule has 0 spiro atoms. The van der Waals surface area contributed by atoms with Crippen LogP contribution in [0.25, 0.3) is 0 Å². The maximum Gasteiger partial charge on any atom is 0.252 e. The van der Waals surface area contributed by atoms with Gasteiger partial charge in [0.1, 0.15) is 0 Å². The van der Waals surface area contributed by atoms with Crippen molar-refractivity contribution in [3.63, 3.8) is 0 Å². The van der Waals surface area contributed by atoms with Crippen molar-refractivity contribution in [2.75, 3.05) is 12.3 Å². The number of rotatable bonds is 6. The largest absolute Gasteiger partial charge is 0.350 e. The number of nitrogens with zero attached hydrogens (tertiary/aromatic N) is 2. The second-order valence-corrected chi connectivity index (χ2v) is 5.87. The first-order valence-electron chi connectivity index (χ1n) is 6.37. The lowest BCUT2D eigenvalue weighted by atomic mass is 10.2. The molecule has 2 aromatic rings. The molecule has 0 atom stereocenters. The molecule has 0 fully saturated rings. The van der Waals surface area contributed by atoms with Crippen LogP contribution in [0.2, 0.25) is 5.02 Å². The van der Waals surface area contributed by atoms with Crippen molar-refractivity contribution in [2.45, 2.75) is 18.4 Å². The molecule has 0 aliphatic heterocycles. The zero-order valence-electron chi connectivity index (χ0n) is 11.2. The lowest BCUT2D eigenvalue weighted by molar-refractivity contribution is 0.0949. The Labute approximate surface area is 127 Å². The number of benzene rings is 1. The summed E-state index contributed by atoms with van der Waals surface area (Å²) >= 11 is 7.59. The van der Waals surface area contributed by atoms with Crippen molar-refractivity contribution in [3.05, 3.63) is 47.5 Å². The van der Waals surface area contributed by atoms with E-state index in [2.05, 4.69) is 10.3 Å². The molecule has 106 valence electrons. The van der Waals surface area contributed by atoms with E-state index in [0.717, 1.165) is 10.6 Å². The Morgan fingerprint density at radius 1 is 1.50 bits per heavy atom. The number of aromatic nitrogens is 2. The topological polar surface area (TPSA) is 46.9 Å². The SMILES string of the molecule is CCSc1cc(Cl)ccc1C(=O)NCCn1ccnc1. The van der Waals surface area contributed by atoms with E-state index in [9.17, 15) is 4.79 Å². The number of carbonyl (C=O) groups is 1. The zero-order chi connectivity index (χ0) is 14.4. The predicted octanol–water partition coefficient (Wildman–Crippen LogP) is 3.08. The van der Waals surface area contributed by atoms with Gasteiger partial charge in [0.05, 0.1) is 11.9 Å². The molecule has 6 heteroatoms. The van der Waals surface area contributed by atoms with Crippen molar-refractivity contribution in [2.24, 2.45) is 0 Å². The van der Waals surface area contributed by atoms with Crippen molar-refractivity contribution in [1.29, 1.82) is 0 Å². The molecule has 1 N–H and O–H groups in total. The number of hydrogen-bond donors (Lipinski definition) is 1. The summed E-state index contributed by atoms with van der Waals surface area (Å²) in [6.45, 7) is 3.32. The fraction of sp³-hybridized carbons (Fsp3) is 0.286. The first-order chi connectivity index (χ1) is 9.70. The molecular weight excluding hydrogens is 294 g/mol. The highest BCUT2D eigenvalue weighted by atomic mass is 35.5. The summed E-state index contributed by atoms with van der Waals surface area (Å²) in [7, 11) is 0. The molecule has 0 saturated heterocycles. The van der Waals surface area contributed by atoms with Crippen LogP contribution in [-0.4, -0.2) is 27.8 Å². The van der Waals surface area contributed by atoms with E-state index < -0.39 is 0 Å². The number of imidazole rings is 1. The molecule has 1 amide bonds. The quantitative estimate of drug-likeness (QED) is 0.834. The van der Waals surface area contributed by atoms with Crippen LogP contribution in [0.15, 0.2) is 41.8 Å². The summed E-state index contributed by atoms with van der Waals surface area (Å²) in [5, 5.41) is 3.56. The van der Waals surface area contributed by atoms with Gasteiger partial charge in [-0.05, 0) is 24.0 Å². The van der Waals surface area contributed by atoms with E-state index in [1.54, 1.807) is 36.4 Å². The summed E-state index contributed by atoms with van der Waals surface area (Å²) < 4.78 is 1.92. The Morgan fingerprint density at radius 3 is 3.05 bits per heavy atom. The molecule has 0 saturated carbocycles. The van der Waals surface area contributed by atoms with Gasteiger partial charge in [-0.3, -0.25) is 4.79 Å². The molecule has 0 aliphatic carbocycles. The standard InChI is InChI=1S/C14H16ClN3OS/c1-2-20-13-9-11(15)3-4-12(13)14(19)17-6-8-18-7-5-16-10-18/h3-5,7,9-10H,2,6,8H2,1H3,(H,17,19). The predicted molar refractivity (Wildman–Crippen MR) is 82.4 cm³/mol. The molecule has 0 unspecified atom stereocenters. The molecule has 1 heterocycles. The van der Waals surface area contributed by atoms with Crippen molar-refractivity contribution in [1.82, 2.24) is 14.9 Å². The smallest absolute Gasteiger partial charge is 0.252 e. The van der Waals surface area contributed by atoms with E-state index in [0.29, 0.717) is 23.7 Å². The summed E-state index contributed by atoms with van der Waals surface area (Å²) in [6, 6.07) is 5.35. The Morgan fingerprint density at radius 2 is 2.35 bits per heavy atom. The number of thioether (sulfide) groups is 1. The van der Waals surface area contributed by atoms with Gasteiger partial charge in [-0.25, -0.2) is 4.98 Å². The Bertz CT molecular complexity index is 572. The third kappa shape index (κ3) is 4.02. The summed E-state index contributed by atoms with van der Waals surface area (Å²) in [4.78, 5) is 17.1. The average Bonchev–Trinajstić information content (AvgIpc) is 2.92. The third-order valence-electron chi connectivity index (χ3n) is 2.70. The molecule has 0 radical (unpaired) electrons. The van der Waals surface area contributed by atoms with Crippen LogP contribution < -0.4 is 5.32 Å². The fourth-order valence-electron chi connectivity index (χ4n) is 1.77. The molecule has 4 nitrogen and oxygen atoms in total. The van der Waals surface area contributed by atoms with Gasteiger partial charge in [-0.2, -0.15) is 0 Å². The highest BCUT2D eigenvalue weighted by Crippen LogP contribution is 2.26. The third-order valence-corrected chi connectivity index (χ3v) is 3.88. The van der Waals surface area contributed by atoms with Crippen LogP contribution in [0, 0.1) is 0 Å². The van der Waals surface area contributed by atoms with Crippen LogP contribution in [0.5, 0.6) is 0 Å². The number of halogens is 1. The number of amides is 1. The van der Waals surface area contributed by atoms with Crippen LogP contribution in [0.1, 0.15) is 17.3 Å². The Balaban J connectivity index is 1.97. The van der Waals surface area contributed by atoms with Crippen LogP contribution in [0.3, 0.4) is 0 Å². The van der Waals surface area contributed by atoms with Gasteiger partial charge in [0.2, 0.25) is 0 Å². The second-order valence-electron chi connectivity index (χ2n) is 4.13. The monoisotopic (exact) mass is 309 g/mol. The van der Waals surface area contributed by atoms with Gasteiger partial charge >= 0.3 is 0 Å². The van der Waals surface area contributed by atoms with Crippen molar-refractivity contribution in [3.8, 4) is 0 Å². The summed E-state index contributed by atoms with van der Waals surface area (Å²) in [5.41, 5.74) is 0.673. The van der Waals surface area contributed by atoms with Crippen molar-refractivity contribution >= 4 is 29.3 Å². The minimum atomic E-state index is -0.0715. The molecule has 20 heavy (non-hydrogen) atoms. The average molecular weight is 310 g/mol. The van der Waals surface area contributed by atoms with Crippen LogP contribution in [-0.2, 0) is 6.54 Å². The van der Waals surface area contributed by atoms with Gasteiger partial charge in [0, 0.05) is 35.4 Å². The fourth-order valence-corrected chi connectivity index (χ4v) is 2.85. The van der Waals surface area contributed by atoms with Crippen molar-refractivity contribution < 1.29 is 4.79 Å². The number of carbonyl (C=O) groups excluding carboxylic acids is 1. The number of hydrogen-bond acceptors (Lipinski definition) is 3. The first kappa shape index (κ1) is 14.9. The Kier molecular flexibility index (Phi) is 5.49.